The molecule has 0 aromatic rings. The molecule has 0 saturated carbocycles. The highest BCUT2D eigenvalue weighted by Gasteiger charge is 2.31. The number of carboxylic acids is 1. The second-order valence-corrected chi connectivity index (χ2v) is 18.7. The summed E-state index contributed by atoms with van der Waals surface area (Å²) in [6, 6.07) is -0.624. The minimum Gasteiger partial charge on any atom is -0.477 e. The van der Waals surface area contributed by atoms with Gasteiger partial charge in [-0.05, 0) is 89.9 Å². The van der Waals surface area contributed by atoms with E-state index in [2.05, 4.69) is 98.9 Å². The van der Waals surface area contributed by atoms with Crippen LogP contribution in [0.3, 0.4) is 0 Å². The predicted octanol–water partition coefficient (Wildman–Crippen LogP) is 15.6. The lowest BCUT2D eigenvalue weighted by molar-refractivity contribution is -0.887. The molecule has 0 aromatic carbocycles. The number of hydrogen-bond acceptors (Lipinski definition) is 6. The van der Waals surface area contributed by atoms with Crippen LogP contribution in [0.5, 0.6) is 0 Å². The summed E-state index contributed by atoms with van der Waals surface area (Å²) in [6.07, 6.45) is 63.4. The molecule has 0 aliphatic heterocycles. The largest absolute Gasteiger partial charge is 0.477 e. The zero-order valence-electron chi connectivity index (χ0n) is 43.1. The quantitative estimate of drug-likeness (QED) is 0.0281. The van der Waals surface area contributed by atoms with Crippen LogP contribution in [-0.4, -0.2) is 80.6 Å². The van der Waals surface area contributed by atoms with Crippen LogP contribution in [-0.2, 0) is 28.6 Å². The molecule has 378 valence electrons. The number of carbonyl (C=O) groups is 3. The number of carboxylic acid groups (broad SMARTS) is 1. The summed E-state index contributed by atoms with van der Waals surface area (Å²) >= 11 is 0. The number of likely N-dealkylation sites (N-methyl/N-ethyl adjacent to an activating group) is 1. The molecule has 0 aliphatic carbocycles. The van der Waals surface area contributed by atoms with Crippen LogP contribution in [0.2, 0.25) is 0 Å². The van der Waals surface area contributed by atoms with Crippen molar-refractivity contribution in [3.05, 3.63) is 85.1 Å². The maximum absolute atomic E-state index is 12.8. The Bertz CT molecular complexity index is 1350. The van der Waals surface area contributed by atoms with Gasteiger partial charge in [-0.1, -0.05) is 189 Å². The Morgan fingerprint density at radius 3 is 1.26 bits per heavy atom. The summed E-state index contributed by atoms with van der Waals surface area (Å²) in [6.45, 7) is 4.58. The number of quaternary nitrogens is 1. The molecule has 0 rings (SSSR count). The average molecular weight is 923 g/mol. The molecule has 66 heavy (non-hydrogen) atoms. The molecule has 0 aliphatic rings. The van der Waals surface area contributed by atoms with E-state index in [0.717, 1.165) is 96.3 Å². The Balaban J connectivity index is 4.28. The van der Waals surface area contributed by atoms with Gasteiger partial charge in [0.2, 0.25) is 0 Å². The van der Waals surface area contributed by atoms with Gasteiger partial charge in [0.25, 0.3) is 0 Å². The first kappa shape index (κ1) is 62.5. The molecule has 0 bridgehead atoms. The standard InChI is InChI=1S/C58H99NO7/c1-6-8-10-12-14-16-18-20-22-24-26-28-30-32-34-36-38-40-42-44-46-48-56(60)65-53-54(52-64-51-50-55(58(62)63)59(3,4)5)66-57(61)49-47-45-43-41-39-37-35-33-31-29-27-25-23-21-19-17-15-13-11-9-7-2/h8,10,14-17,20-23,27,29,33,35,54-55H,6-7,9,11-13,18-19,24-26,28,30-32,34,36-53H2,1-5H3/p+1/b10-8+,16-14+,17-15+,22-20+,23-21+,29-27+,35-33+. The van der Waals surface area contributed by atoms with E-state index in [9.17, 15) is 19.5 Å². The fourth-order valence-electron chi connectivity index (χ4n) is 7.44. The summed E-state index contributed by atoms with van der Waals surface area (Å²) in [7, 11) is 5.53. The smallest absolute Gasteiger partial charge is 0.362 e. The van der Waals surface area contributed by atoms with Crippen LogP contribution in [0.25, 0.3) is 0 Å². The highest BCUT2D eigenvalue weighted by atomic mass is 16.6. The molecular weight excluding hydrogens is 823 g/mol. The minimum atomic E-state index is -0.880. The minimum absolute atomic E-state index is 0.0487. The predicted molar refractivity (Wildman–Crippen MR) is 280 cm³/mol. The summed E-state index contributed by atoms with van der Waals surface area (Å²) in [5.74, 6) is -1.50. The van der Waals surface area contributed by atoms with E-state index < -0.39 is 18.1 Å². The van der Waals surface area contributed by atoms with Gasteiger partial charge in [-0.3, -0.25) is 9.59 Å². The van der Waals surface area contributed by atoms with Gasteiger partial charge in [0.05, 0.1) is 34.4 Å². The molecule has 0 spiro atoms. The number of aliphatic carboxylic acids is 1. The van der Waals surface area contributed by atoms with Crippen molar-refractivity contribution < 1.29 is 38.2 Å². The molecule has 0 amide bonds. The van der Waals surface area contributed by atoms with E-state index in [4.69, 9.17) is 14.2 Å². The van der Waals surface area contributed by atoms with E-state index in [-0.39, 0.29) is 36.2 Å². The number of esters is 2. The highest BCUT2D eigenvalue weighted by Crippen LogP contribution is 2.15. The first-order chi connectivity index (χ1) is 32.1. The Morgan fingerprint density at radius 2 is 0.848 bits per heavy atom. The van der Waals surface area contributed by atoms with Crippen LogP contribution in [0.1, 0.15) is 213 Å². The maximum atomic E-state index is 12.8. The normalized spacial score (nSPS) is 13.5. The zero-order valence-corrected chi connectivity index (χ0v) is 43.1. The van der Waals surface area contributed by atoms with Crippen molar-refractivity contribution >= 4 is 17.9 Å². The molecular formula is C58H100NO7+. The summed E-state index contributed by atoms with van der Waals surface area (Å²) in [5.41, 5.74) is 0. The van der Waals surface area contributed by atoms with Gasteiger partial charge in [-0.15, -0.1) is 0 Å². The molecule has 2 unspecified atom stereocenters. The first-order valence-electron chi connectivity index (χ1n) is 26.6. The van der Waals surface area contributed by atoms with Crippen LogP contribution >= 0.6 is 0 Å². The van der Waals surface area contributed by atoms with E-state index in [1.807, 2.05) is 21.1 Å². The van der Waals surface area contributed by atoms with Gasteiger partial charge in [-0.25, -0.2) is 4.79 Å². The highest BCUT2D eigenvalue weighted by molar-refractivity contribution is 5.72. The summed E-state index contributed by atoms with van der Waals surface area (Å²) in [4.78, 5) is 37.2. The lowest BCUT2D eigenvalue weighted by Crippen LogP contribution is -2.50. The number of hydrogen-bond donors (Lipinski definition) is 1. The van der Waals surface area contributed by atoms with Crippen molar-refractivity contribution in [2.75, 3.05) is 41.0 Å². The molecule has 2 atom stereocenters. The molecule has 8 nitrogen and oxygen atoms in total. The molecule has 0 heterocycles. The van der Waals surface area contributed by atoms with Crippen molar-refractivity contribution in [1.82, 2.24) is 0 Å². The van der Waals surface area contributed by atoms with E-state index in [1.54, 1.807) is 0 Å². The van der Waals surface area contributed by atoms with Gasteiger partial charge < -0.3 is 23.8 Å². The third-order valence-electron chi connectivity index (χ3n) is 11.5. The molecule has 0 fully saturated rings. The number of allylic oxidation sites excluding steroid dienone is 14. The van der Waals surface area contributed by atoms with Crippen molar-refractivity contribution in [2.24, 2.45) is 0 Å². The van der Waals surface area contributed by atoms with Crippen molar-refractivity contribution in [3.8, 4) is 0 Å². The third kappa shape index (κ3) is 45.7. The number of carbonyl (C=O) groups excluding carboxylic acids is 2. The molecule has 0 aromatic heterocycles. The van der Waals surface area contributed by atoms with Gasteiger partial charge in [0.15, 0.2) is 12.1 Å². The van der Waals surface area contributed by atoms with Crippen molar-refractivity contribution in [3.63, 3.8) is 0 Å². The second-order valence-electron chi connectivity index (χ2n) is 18.7. The maximum Gasteiger partial charge on any atom is 0.362 e. The lowest BCUT2D eigenvalue weighted by atomic mass is 10.0. The van der Waals surface area contributed by atoms with E-state index in [1.165, 1.54) is 83.5 Å². The summed E-state index contributed by atoms with van der Waals surface area (Å²) in [5, 5.41) is 9.66. The monoisotopic (exact) mass is 923 g/mol. The van der Waals surface area contributed by atoms with Crippen LogP contribution in [0.4, 0.5) is 0 Å². The van der Waals surface area contributed by atoms with E-state index >= 15 is 0 Å². The van der Waals surface area contributed by atoms with E-state index in [0.29, 0.717) is 19.3 Å². The Kier molecular flexibility index (Phi) is 45.4. The van der Waals surface area contributed by atoms with Crippen LogP contribution in [0.15, 0.2) is 85.1 Å². The SMILES string of the molecule is CC/C=C/C/C=C/C/C=C/CCCCCCCCCCCCCC(=O)OCC(COCCC(C(=O)O)[N+](C)(C)C)OC(=O)CCCCCCC/C=C/C/C=C/C/C=C/C/C=C/CCCCC. The molecule has 8 heteroatoms. The topological polar surface area (TPSA) is 99.1 Å². The Labute approximate surface area is 405 Å². The van der Waals surface area contributed by atoms with Crippen LogP contribution in [0, 0.1) is 0 Å². The fourth-order valence-corrected chi connectivity index (χ4v) is 7.44. The van der Waals surface area contributed by atoms with Crippen molar-refractivity contribution in [2.45, 2.75) is 225 Å². The Hall–Kier alpha value is -3.49. The van der Waals surface area contributed by atoms with Gasteiger partial charge in [0.1, 0.15) is 6.61 Å². The van der Waals surface area contributed by atoms with Gasteiger partial charge >= 0.3 is 17.9 Å². The number of nitrogens with zero attached hydrogens (tertiary/aromatic N) is 1. The Morgan fingerprint density at radius 1 is 0.470 bits per heavy atom. The van der Waals surface area contributed by atoms with Gasteiger partial charge in [0, 0.05) is 19.3 Å². The van der Waals surface area contributed by atoms with Crippen molar-refractivity contribution in [1.29, 1.82) is 0 Å². The lowest BCUT2D eigenvalue weighted by Gasteiger charge is -2.31. The number of rotatable bonds is 47. The number of unbranched alkanes of at least 4 members (excludes halogenated alkanes) is 19. The van der Waals surface area contributed by atoms with Crippen LogP contribution < -0.4 is 0 Å². The molecule has 0 saturated heterocycles. The first-order valence-corrected chi connectivity index (χ1v) is 26.6. The zero-order chi connectivity index (χ0) is 48.4. The summed E-state index contributed by atoms with van der Waals surface area (Å²) < 4.78 is 17.4. The van der Waals surface area contributed by atoms with Gasteiger partial charge in [-0.2, -0.15) is 0 Å². The average Bonchev–Trinajstić information content (AvgIpc) is 3.28. The fraction of sp³-hybridized carbons (Fsp3) is 0.707. The molecule has 0 radical (unpaired) electrons. The number of ether oxygens (including phenoxy) is 3. The second kappa shape index (κ2) is 48.0. The third-order valence-corrected chi connectivity index (χ3v) is 11.5. The molecule has 1 N–H and O–H groups in total.